The predicted molar refractivity (Wildman–Crippen MR) is 93.8 cm³/mol. The lowest BCUT2D eigenvalue weighted by Gasteiger charge is -2.17. The summed E-state index contributed by atoms with van der Waals surface area (Å²) in [6, 6.07) is 4.86. The Labute approximate surface area is 138 Å². The molecule has 0 saturated carbocycles. The lowest BCUT2D eigenvalue weighted by atomic mass is 10.1. The average Bonchev–Trinajstić information content (AvgIpc) is 2.94. The van der Waals surface area contributed by atoms with E-state index in [4.69, 9.17) is 0 Å². The van der Waals surface area contributed by atoms with E-state index in [1.54, 1.807) is 0 Å². The zero-order valence-electron chi connectivity index (χ0n) is 10.1. The van der Waals surface area contributed by atoms with Crippen LogP contribution < -0.4 is 5.32 Å². The molecule has 1 N–H and O–H groups in total. The van der Waals surface area contributed by atoms with Crippen molar-refractivity contribution < 1.29 is 0 Å². The van der Waals surface area contributed by atoms with Gasteiger partial charge in [0.2, 0.25) is 0 Å². The summed E-state index contributed by atoms with van der Waals surface area (Å²) in [7, 11) is 0. The van der Waals surface area contributed by atoms with Crippen molar-refractivity contribution in [1.82, 2.24) is 5.32 Å². The molecule has 2 heterocycles. The van der Waals surface area contributed by atoms with Gasteiger partial charge in [0.15, 0.2) is 0 Å². The first-order valence-electron chi connectivity index (χ1n) is 5.90. The van der Waals surface area contributed by atoms with Crippen LogP contribution in [0.1, 0.15) is 29.8 Å². The van der Waals surface area contributed by atoms with Crippen molar-refractivity contribution in [1.29, 1.82) is 0 Å². The van der Waals surface area contributed by atoms with Crippen molar-refractivity contribution in [2.75, 3.05) is 6.54 Å². The number of hydrogen-bond acceptors (Lipinski definition) is 3. The molecule has 2 aromatic heterocycles. The van der Waals surface area contributed by atoms with E-state index in [9.17, 15) is 0 Å². The van der Waals surface area contributed by atoms with Crippen molar-refractivity contribution >= 4 is 61.2 Å². The summed E-state index contributed by atoms with van der Waals surface area (Å²) in [6.07, 6.45) is 2.23. The molecule has 1 unspecified atom stereocenters. The lowest BCUT2D eigenvalue weighted by molar-refractivity contribution is 0.533. The third-order valence-electron chi connectivity index (χ3n) is 2.71. The number of nitrogens with one attached hydrogen (secondary N) is 1. The van der Waals surface area contributed by atoms with Crippen molar-refractivity contribution in [3.8, 4) is 0 Å². The molecule has 0 saturated heterocycles. The van der Waals surface area contributed by atoms with Crippen LogP contribution in [0.3, 0.4) is 0 Å². The van der Waals surface area contributed by atoms with Gasteiger partial charge < -0.3 is 5.32 Å². The molecule has 0 aliphatic carbocycles. The summed E-state index contributed by atoms with van der Waals surface area (Å²) in [6.45, 7) is 3.28. The number of thiophene rings is 2. The van der Waals surface area contributed by atoms with E-state index in [1.807, 2.05) is 22.7 Å². The second kappa shape index (κ2) is 7.38. The van der Waals surface area contributed by atoms with Gasteiger partial charge in [0, 0.05) is 21.8 Å². The van der Waals surface area contributed by atoms with Crippen LogP contribution in [0.15, 0.2) is 27.4 Å². The zero-order valence-corrected chi connectivity index (χ0v) is 15.5. The normalized spacial score (nSPS) is 12.8. The molecule has 0 fully saturated rings. The fourth-order valence-electron chi connectivity index (χ4n) is 1.79. The first-order chi connectivity index (χ1) is 8.70. The molecular formula is C13H15BrINS2. The molecule has 5 heteroatoms. The molecule has 18 heavy (non-hydrogen) atoms. The first kappa shape index (κ1) is 15.0. The largest absolute Gasteiger partial charge is 0.310 e. The Bertz CT molecular complexity index is 495. The second-order valence-corrected chi connectivity index (χ2v) is 8.75. The van der Waals surface area contributed by atoms with E-state index in [-0.39, 0.29) is 0 Å². The molecule has 1 atom stereocenters. The minimum absolute atomic E-state index is 0.430. The van der Waals surface area contributed by atoms with Gasteiger partial charge in [-0.05, 0) is 79.9 Å². The monoisotopic (exact) mass is 455 g/mol. The Morgan fingerprint density at radius 3 is 2.83 bits per heavy atom. The fourth-order valence-corrected chi connectivity index (χ4v) is 4.78. The second-order valence-electron chi connectivity index (χ2n) is 4.09. The van der Waals surface area contributed by atoms with E-state index >= 15 is 0 Å². The van der Waals surface area contributed by atoms with Crippen LogP contribution >= 0.6 is 61.2 Å². The molecule has 0 amide bonds. The molecule has 98 valence electrons. The summed E-state index contributed by atoms with van der Waals surface area (Å²) >= 11 is 9.67. The quantitative estimate of drug-likeness (QED) is 0.570. The Balaban J connectivity index is 2.12. The highest BCUT2D eigenvalue weighted by molar-refractivity contribution is 14.1. The topological polar surface area (TPSA) is 12.0 Å². The van der Waals surface area contributed by atoms with Crippen molar-refractivity contribution in [3.63, 3.8) is 0 Å². The van der Waals surface area contributed by atoms with Crippen LogP contribution in [0.5, 0.6) is 0 Å². The van der Waals surface area contributed by atoms with Gasteiger partial charge >= 0.3 is 0 Å². The van der Waals surface area contributed by atoms with E-state index in [0.717, 1.165) is 13.0 Å². The van der Waals surface area contributed by atoms with Crippen LogP contribution in [0, 0.1) is 2.88 Å². The molecule has 2 aromatic rings. The third-order valence-corrected chi connectivity index (χ3v) is 6.47. The molecule has 0 spiro atoms. The van der Waals surface area contributed by atoms with E-state index in [1.165, 1.54) is 24.2 Å². The number of rotatable bonds is 6. The predicted octanol–water partition coefficient (Wildman–Crippen LogP) is 5.46. The maximum Gasteiger partial charge on any atom is 0.0656 e. The Kier molecular flexibility index (Phi) is 6.14. The van der Waals surface area contributed by atoms with Crippen molar-refractivity contribution in [2.45, 2.75) is 25.8 Å². The van der Waals surface area contributed by atoms with E-state index < -0.39 is 0 Å². The third kappa shape index (κ3) is 4.03. The summed E-state index contributed by atoms with van der Waals surface area (Å²) < 4.78 is 2.59. The highest BCUT2D eigenvalue weighted by atomic mass is 127. The van der Waals surface area contributed by atoms with Gasteiger partial charge in [-0.3, -0.25) is 0 Å². The standard InChI is InChI=1S/C13H15BrINS2/c1-2-4-16-11(9-6-13(15)18-8-9)7-12-10(14)3-5-17-12/h3,5-6,8,11,16H,2,4,7H2,1H3. The summed E-state index contributed by atoms with van der Waals surface area (Å²) in [5, 5.41) is 8.07. The average molecular weight is 456 g/mol. The molecule has 0 aliphatic rings. The maximum atomic E-state index is 3.65. The molecule has 0 aliphatic heterocycles. The van der Waals surface area contributed by atoms with Crippen molar-refractivity contribution in [2.24, 2.45) is 0 Å². The SMILES string of the molecule is CCCNC(Cc1sccc1Br)c1csc(I)c1. The minimum Gasteiger partial charge on any atom is -0.310 e. The molecule has 0 radical (unpaired) electrons. The van der Waals surface area contributed by atoms with Crippen LogP contribution in [-0.2, 0) is 6.42 Å². The van der Waals surface area contributed by atoms with Gasteiger partial charge in [-0.15, -0.1) is 22.7 Å². The summed E-state index contributed by atoms with van der Waals surface area (Å²) in [5.74, 6) is 0. The number of hydrogen-bond donors (Lipinski definition) is 1. The zero-order chi connectivity index (χ0) is 13.0. The van der Waals surface area contributed by atoms with E-state index in [2.05, 4.69) is 73.7 Å². The van der Waals surface area contributed by atoms with Crippen LogP contribution in [-0.4, -0.2) is 6.54 Å². The van der Waals surface area contributed by atoms with E-state index in [0.29, 0.717) is 6.04 Å². The van der Waals surface area contributed by atoms with Crippen molar-refractivity contribution in [3.05, 3.63) is 40.7 Å². The van der Waals surface area contributed by atoms with Gasteiger partial charge in [0.25, 0.3) is 0 Å². The molecule has 0 aromatic carbocycles. The van der Waals surface area contributed by atoms with Gasteiger partial charge in [0.05, 0.1) is 2.88 Å². The smallest absolute Gasteiger partial charge is 0.0656 e. The first-order valence-corrected chi connectivity index (χ1v) is 9.53. The Hall–Kier alpha value is 0.570. The van der Waals surface area contributed by atoms with Gasteiger partial charge in [-0.1, -0.05) is 6.92 Å². The van der Waals surface area contributed by atoms with Gasteiger partial charge in [-0.25, -0.2) is 0 Å². The Morgan fingerprint density at radius 1 is 1.44 bits per heavy atom. The summed E-state index contributed by atoms with van der Waals surface area (Å²) in [5.41, 5.74) is 1.41. The maximum absolute atomic E-state index is 3.65. The molecule has 1 nitrogen and oxygen atoms in total. The van der Waals surface area contributed by atoms with Crippen LogP contribution in [0.2, 0.25) is 0 Å². The molecule has 0 bridgehead atoms. The van der Waals surface area contributed by atoms with Gasteiger partial charge in [0.1, 0.15) is 0 Å². The lowest BCUT2D eigenvalue weighted by Crippen LogP contribution is -2.23. The van der Waals surface area contributed by atoms with Gasteiger partial charge in [-0.2, -0.15) is 0 Å². The highest BCUT2D eigenvalue weighted by Crippen LogP contribution is 2.30. The van der Waals surface area contributed by atoms with Crippen LogP contribution in [0.25, 0.3) is 0 Å². The fraction of sp³-hybridized carbons (Fsp3) is 0.385. The Morgan fingerprint density at radius 2 is 2.28 bits per heavy atom. The molecular weight excluding hydrogens is 441 g/mol. The number of halogens is 2. The van der Waals surface area contributed by atoms with Crippen LogP contribution in [0.4, 0.5) is 0 Å². The molecule has 2 rings (SSSR count). The minimum atomic E-state index is 0.430. The highest BCUT2D eigenvalue weighted by Gasteiger charge is 2.15. The summed E-state index contributed by atoms with van der Waals surface area (Å²) in [4.78, 5) is 1.42.